The smallest absolute Gasteiger partial charge is 0.217 e. The number of carbonyl (C=O) groups is 3. The van der Waals surface area contributed by atoms with Crippen molar-refractivity contribution < 1.29 is 104 Å². The number of hydrogen-bond donors (Lipinski definition) is 15. The summed E-state index contributed by atoms with van der Waals surface area (Å²) in [7, 11) is 0. The van der Waals surface area contributed by atoms with Crippen molar-refractivity contribution in [3.05, 3.63) is 0 Å². The van der Waals surface area contributed by atoms with Gasteiger partial charge in [0.1, 0.15) is 91.4 Å². The molecule has 0 bridgehead atoms. The lowest BCUT2D eigenvalue weighted by molar-refractivity contribution is -0.335. The summed E-state index contributed by atoms with van der Waals surface area (Å²) >= 11 is 0. The highest BCUT2D eigenvalue weighted by molar-refractivity contribution is 5.74. The number of amides is 3. The predicted octanol–water partition coefficient (Wildman–Crippen LogP) is -9.68. The number of ether oxygens (including phenoxy) is 6. The molecule has 0 radical (unpaired) electrons. The topological polar surface area (TPSA) is 385 Å². The second-order valence-corrected chi connectivity index (χ2v) is 13.2. The largest absolute Gasteiger partial charge is 0.394 e. The fraction of sp³-hybridized carbons (Fsp3) is 0.900. The predicted molar refractivity (Wildman–Crippen MR) is 171 cm³/mol. The molecule has 314 valence electrons. The van der Waals surface area contributed by atoms with Crippen molar-refractivity contribution >= 4 is 17.7 Å². The minimum atomic E-state index is -2.13. The first-order valence-corrected chi connectivity index (χ1v) is 17.0. The van der Waals surface area contributed by atoms with Gasteiger partial charge in [0, 0.05) is 20.8 Å². The molecular formula is C30H53N3O21. The average Bonchev–Trinajstić information content (AvgIpc) is 3.12. The Kier molecular flexibility index (Phi) is 17.7. The number of aliphatic hydroxyl groups is 12. The summed E-state index contributed by atoms with van der Waals surface area (Å²) in [5.41, 5.74) is 0. The van der Waals surface area contributed by atoms with Crippen molar-refractivity contribution in [2.24, 2.45) is 0 Å². The Bertz CT molecular complexity index is 1210. The molecule has 24 nitrogen and oxygen atoms in total. The van der Waals surface area contributed by atoms with Crippen LogP contribution in [0.4, 0.5) is 0 Å². The molecule has 0 aliphatic carbocycles. The first-order chi connectivity index (χ1) is 25.4. The molecule has 3 rings (SSSR count). The van der Waals surface area contributed by atoms with E-state index in [4.69, 9.17) is 28.4 Å². The Morgan fingerprint density at radius 3 is 1.63 bits per heavy atom. The van der Waals surface area contributed by atoms with Gasteiger partial charge in [-0.1, -0.05) is 0 Å². The molecule has 19 atom stereocenters. The highest BCUT2D eigenvalue weighted by atomic mass is 16.7. The first kappa shape index (κ1) is 46.1. The molecular weight excluding hydrogens is 738 g/mol. The quantitative estimate of drug-likeness (QED) is 0.0650. The lowest BCUT2D eigenvalue weighted by Crippen LogP contribution is -2.69. The highest BCUT2D eigenvalue weighted by Gasteiger charge is 2.52. The first-order valence-electron chi connectivity index (χ1n) is 17.0. The third-order valence-corrected chi connectivity index (χ3v) is 9.05. The zero-order valence-corrected chi connectivity index (χ0v) is 29.5. The monoisotopic (exact) mass is 791 g/mol. The van der Waals surface area contributed by atoms with E-state index in [1.54, 1.807) is 0 Å². The lowest BCUT2D eigenvalue weighted by atomic mass is 9.94. The minimum absolute atomic E-state index is 0.682. The van der Waals surface area contributed by atoms with Gasteiger partial charge >= 0.3 is 0 Å². The van der Waals surface area contributed by atoms with Crippen LogP contribution in [0.3, 0.4) is 0 Å². The Labute approximate surface area is 308 Å². The molecule has 54 heavy (non-hydrogen) atoms. The molecule has 0 aromatic heterocycles. The van der Waals surface area contributed by atoms with Crippen molar-refractivity contribution in [3.8, 4) is 0 Å². The van der Waals surface area contributed by atoms with Crippen molar-refractivity contribution in [1.82, 2.24) is 16.0 Å². The summed E-state index contributed by atoms with van der Waals surface area (Å²) < 4.78 is 33.7. The van der Waals surface area contributed by atoms with Crippen LogP contribution in [0, 0.1) is 0 Å². The van der Waals surface area contributed by atoms with Gasteiger partial charge in [0.25, 0.3) is 0 Å². The van der Waals surface area contributed by atoms with Gasteiger partial charge < -0.3 is 106 Å². The second-order valence-electron chi connectivity index (χ2n) is 13.2. The average molecular weight is 792 g/mol. The molecule has 0 aromatic carbocycles. The molecule has 3 fully saturated rings. The maximum Gasteiger partial charge on any atom is 0.217 e. The third kappa shape index (κ3) is 11.2. The number of hydrogen-bond acceptors (Lipinski definition) is 21. The maximum atomic E-state index is 12.2. The van der Waals surface area contributed by atoms with E-state index in [-0.39, 0.29) is 0 Å². The molecule has 3 aliphatic heterocycles. The zero-order valence-electron chi connectivity index (χ0n) is 29.5. The summed E-state index contributed by atoms with van der Waals surface area (Å²) in [4.78, 5) is 35.9. The van der Waals surface area contributed by atoms with Gasteiger partial charge in [-0.15, -0.1) is 0 Å². The Morgan fingerprint density at radius 2 is 1.13 bits per heavy atom. The molecule has 3 heterocycles. The zero-order chi connectivity index (χ0) is 40.6. The van der Waals surface area contributed by atoms with E-state index in [2.05, 4.69) is 16.0 Å². The standard InChI is InChI=1S/C30H53N3O21/c1-9(38)31-12(4-34)26(53-30-25(48)24(47)21(44)15(6-36)51-30)19(42)13(41)8-49-28-18(33-11(3)40)23(46)27(16(7-37)52-28)54-29-17(32-10(2)39)22(45)20(43)14(5-35)50-29/h12-30,34-37,41-48H,4-8H2,1-3H3,(H,31,38)(H,32,39)(H,33,40)/t12-,13+,14+,15+,16+,17+,18+,19-,20-,21-,22+,23+,24-,25+,26+,27+,28+,29-,30-/m0/s1. The summed E-state index contributed by atoms with van der Waals surface area (Å²) in [5.74, 6) is -2.15. The Balaban J connectivity index is 1.83. The molecule has 3 aliphatic rings. The normalized spacial score (nSPS) is 39.5. The van der Waals surface area contributed by atoms with Gasteiger partial charge in [0.15, 0.2) is 18.9 Å². The SMILES string of the molecule is CC(=O)N[C@H]1[C@H](OC[C@@H](O)[C@H](O)[C@H](O[C@@H]2O[C@H](CO)[C@H](O)[C@H](O)[C@H]2O)[C@H](CO)NC(C)=O)O[C@H](CO)[C@@H](O[C@@H]2O[C@H](CO)[C@H](O)[C@H](O)[C@H]2NC(C)=O)[C@@H]1O. The number of nitrogens with one attached hydrogen (secondary N) is 3. The molecule has 0 aromatic rings. The van der Waals surface area contributed by atoms with E-state index in [1.807, 2.05) is 0 Å². The van der Waals surface area contributed by atoms with Crippen LogP contribution in [0.25, 0.3) is 0 Å². The fourth-order valence-electron chi connectivity index (χ4n) is 6.26. The third-order valence-electron chi connectivity index (χ3n) is 9.05. The summed E-state index contributed by atoms with van der Waals surface area (Å²) in [5, 5.41) is 132. The van der Waals surface area contributed by atoms with Gasteiger partial charge in [0.2, 0.25) is 17.7 Å². The summed E-state index contributed by atoms with van der Waals surface area (Å²) in [6.45, 7) is -1.15. The van der Waals surface area contributed by atoms with E-state index in [1.165, 1.54) is 0 Å². The minimum Gasteiger partial charge on any atom is -0.394 e. The van der Waals surface area contributed by atoms with Crippen molar-refractivity contribution in [3.63, 3.8) is 0 Å². The van der Waals surface area contributed by atoms with Gasteiger partial charge in [-0.3, -0.25) is 14.4 Å². The van der Waals surface area contributed by atoms with Crippen LogP contribution in [0.5, 0.6) is 0 Å². The number of aliphatic hydroxyl groups excluding tert-OH is 12. The fourth-order valence-corrected chi connectivity index (χ4v) is 6.26. The van der Waals surface area contributed by atoms with Crippen molar-refractivity contribution in [1.29, 1.82) is 0 Å². The molecule has 3 amide bonds. The molecule has 0 spiro atoms. The Hall–Kier alpha value is -2.31. The van der Waals surface area contributed by atoms with Crippen LogP contribution in [0.2, 0.25) is 0 Å². The summed E-state index contributed by atoms with van der Waals surface area (Å²) in [6.07, 6.45) is -28.2. The molecule has 0 unspecified atom stereocenters. The van der Waals surface area contributed by atoms with Gasteiger partial charge in [-0.05, 0) is 0 Å². The number of rotatable bonds is 17. The van der Waals surface area contributed by atoms with Crippen LogP contribution in [0.1, 0.15) is 20.8 Å². The van der Waals surface area contributed by atoms with E-state index in [9.17, 15) is 75.7 Å². The van der Waals surface area contributed by atoms with Crippen molar-refractivity contribution in [2.75, 3.05) is 33.0 Å². The van der Waals surface area contributed by atoms with Crippen molar-refractivity contribution in [2.45, 2.75) is 137 Å². The molecule has 0 saturated carbocycles. The maximum absolute atomic E-state index is 12.2. The van der Waals surface area contributed by atoms with E-state index in [0.717, 1.165) is 20.8 Å². The van der Waals surface area contributed by atoms with E-state index in [0.29, 0.717) is 0 Å². The highest BCUT2D eigenvalue weighted by Crippen LogP contribution is 2.31. The van der Waals surface area contributed by atoms with Gasteiger partial charge in [0.05, 0.1) is 39.1 Å². The van der Waals surface area contributed by atoms with Crippen LogP contribution in [-0.2, 0) is 42.8 Å². The van der Waals surface area contributed by atoms with Crippen LogP contribution >= 0.6 is 0 Å². The van der Waals surface area contributed by atoms with Gasteiger partial charge in [-0.2, -0.15) is 0 Å². The van der Waals surface area contributed by atoms with Gasteiger partial charge in [-0.25, -0.2) is 0 Å². The number of carbonyl (C=O) groups excluding carboxylic acids is 3. The molecule has 3 saturated heterocycles. The molecule has 24 heteroatoms. The summed E-state index contributed by atoms with van der Waals surface area (Å²) in [6, 6.07) is -4.53. The van der Waals surface area contributed by atoms with E-state index >= 15 is 0 Å². The van der Waals surface area contributed by atoms with E-state index < -0.39 is 167 Å². The van der Waals surface area contributed by atoms with Crippen LogP contribution in [0.15, 0.2) is 0 Å². The Morgan fingerprint density at radius 1 is 0.630 bits per heavy atom. The lowest BCUT2D eigenvalue weighted by Gasteiger charge is -2.48. The second kappa shape index (κ2) is 20.7. The molecule has 15 N–H and O–H groups in total. The van der Waals surface area contributed by atoms with Crippen LogP contribution in [-0.4, -0.2) is 228 Å². The van der Waals surface area contributed by atoms with Crippen LogP contribution < -0.4 is 16.0 Å².